The fourth-order valence-electron chi connectivity index (χ4n) is 3.51. The molecule has 0 aliphatic heterocycles. The van der Waals surface area contributed by atoms with Gasteiger partial charge in [0.2, 0.25) is 0 Å². The van der Waals surface area contributed by atoms with Crippen molar-refractivity contribution >= 4 is 33.3 Å². The summed E-state index contributed by atoms with van der Waals surface area (Å²) in [5.74, 6) is -0.401. The minimum absolute atomic E-state index is 0.00133. The summed E-state index contributed by atoms with van der Waals surface area (Å²) in [5.41, 5.74) is 3.21. The first kappa shape index (κ1) is 16.9. The van der Waals surface area contributed by atoms with Crippen molar-refractivity contribution in [1.29, 1.82) is 0 Å². The Hall–Kier alpha value is -3.26. The molecule has 4 aromatic rings. The molecule has 3 heterocycles. The second-order valence-corrected chi connectivity index (χ2v) is 7.79. The topological polar surface area (TPSA) is 81.2 Å². The summed E-state index contributed by atoms with van der Waals surface area (Å²) < 4.78 is 7.55. The average Bonchev–Trinajstić information content (AvgIpc) is 3.30. The summed E-state index contributed by atoms with van der Waals surface area (Å²) in [4.78, 5) is 32.5. The lowest BCUT2D eigenvalue weighted by molar-refractivity contribution is 0.0967. The zero-order chi connectivity index (χ0) is 19.4. The van der Waals surface area contributed by atoms with E-state index in [0.29, 0.717) is 16.1 Å². The van der Waals surface area contributed by atoms with Crippen LogP contribution in [0.4, 0.5) is 5.13 Å². The second-order valence-electron chi connectivity index (χ2n) is 6.73. The number of nitrogens with zero attached hydrogens (tertiary/aromatic N) is 4. The lowest BCUT2D eigenvalue weighted by Gasteiger charge is -2.13. The summed E-state index contributed by atoms with van der Waals surface area (Å²) in [6, 6.07) is 8.14. The van der Waals surface area contributed by atoms with Gasteiger partial charge in [-0.2, -0.15) is 5.10 Å². The molecule has 0 saturated heterocycles. The number of hydrogen-bond donors (Lipinski definition) is 0. The van der Waals surface area contributed by atoms with Crippen molar-refractivity contribution in [2.45, 2.75) is 12.8 Å². The van der Waals surface area contributed by atoms with Gasteiger partial charge in [0.05, 0.1) is 17.3 Å². The molecule has 1 aliphatic carbocycles. The summed E-state index contributed by atoms with van der Waals surface area (Å²) in [6.45, 7) is 0. The van der Waals surface area contributed by atoms with Crippen LogP contribution in [0.25, 0.3) is 22.2 Å². The molecule has 0 unspecified atom stereocenters. The van der Waals surface area contributed by atoms with E-state index in [2.05, 4.69) is 10.1 Å². The van der Waals surface area contributed by atoms with E-state index in [-0.39, 0.29) is 11.2 Å². The predicted molar refractivity (Wildman–Crippen MR) is 107 cm³/mol. The quantitative estimate of drug-likeness (QED) is 0.524. The van der Waals surface area contributed by atoms with Gasteiger partial charge in [-0.25, -0.2) is 4.98 Å². The van der Waals surface area contributed by atoms with Crippen LogP contribution < -0.4 is 10.3 Å². The number of hydrogen-bond acceptors (Lipinski definition) is 6. The number of amides is 1. The van der Waals surface area contributed by atoms with E-state index < -0.39 is 5.91 Å². The van der Waals surface area contributed by atoms with Gasteiger partial charge in [-0.05, 0) is 25.0 Å². The van der Waals surface area contributed by atoms with E-state index in [0.717, 1.165) is 34.7 Å². The maximum absolute atomic E-state index is 12.9. The van der Waals surface area contributed by atoms with Crippen molar-refractivity contribution in [2.75, 3.05) is 11.9 Å². The van der Waals surface area contributed by atoms with Gasteiger partial charge in [-0.1, -0.05) is 12.1 Å². The van der Waals surface area contributed by atoms with E-state index in [4.69, 9.17) is 4.42 Å². The molecule has 7 nitrogen and oxygen atoms in total. The van der Waals surface area contributed by atoms with Gasteiger partial charge in [0.25, 0.3) is 5.91 Å². The molecule has 0 atom stereocenters. The van der Waals surface area contributed by atoms with Crippen molar-refractivity contribution in [3.63, 3.8) is 0 Å². The Labute approximate surface area is 163 Å². The highest BCUT2D eigenvalue weighted by Gasteiger charge is 2.27. The minimum Gasteiger partial charge on any atom is -0.451 e. The Bertz CT molecular complexity index is 1300. The Balaban J connectivity index is 1.53. The van der Waals surface area contributed by atoms with Gasteiger partial charge in [0, 0.05) is 36.3 Å². The van der Waals surface area contributed by atoms with Gasteiger partial charge in [-0.3, -0.25) is 19.2 Å². The summed E-state index contributed by atoms with van der Waals surface area (Å²) >= 11 is 1.48. The van der Waals surface area contributed by atoms with Gasteiger partial charge < -0.3 is 4.42 Å². The third-order valence-electron chi connectivity index (χ3n) is 5.03. The summed E-state index contributed by atoms with van der Waals surface area (Å²) in [7, 11) is 3.57. The van der Waals surface area contributed by atoms with Gasteiger partial charge >= 0.3 is 0 Å². The molecule has 140 valence electrons. The molecule has 0 radical (unpaired) electrons. The number of benzene rings is 1. The maximum Gasteiger partial charge on any atom is 0.295 e. The van der Waals surface area contributed by atoms with Gasteiger partial charge in [0.1, 0.15) is 5.58 Å². The average molecular weight is 392 g/mol. The molecule has 0 N–H and O–H groups in total. The lowest BCUT2D eigenvalue weighted by atomic mass is 10.0. The number of carbonyl (C=O) groups is 1. The fraction of sp³-hybridized carbons (Fsp3) is 0.200. The molecule has 8 heteroatoms. The summed E-state index contributed by atoms with van der Waals surface area (Å²) in [6.07, 6.45) is 3.59. The lowest BCUT2D eigenvalue weighted by Crippen LogP contribution is -2.27. The third kappa shape index (κ3) is 2.49. The summed E-state index contributed by atoms with van der Waals surface area (Å²) in [5, 5.41) is 5.35. The third-order valence-corrected chi connectivity index (χ3v) is 6.22. The Morgan fingerprint density at radius 1 is 1.29 bits per heavy atom. The van der Waals surface area contributed by atoms with Crippen LogP contribution in [0.2, 0.25) is 0 Å². The molecule has 0 bridgehead atoms. The molecule has 0 spiro atoms. The Kier molecular flexibility index (Phi) is 3.70. The van der Waals surface area contributed by atoms with E-state index in [1.807, 2.05) is 17.9 Å². The van der Waals surface area contributed by atoms with Crippen molar-refractivity contribution in [3.8, 4) is 11.3 Å². The number of aryl methyl sites for hydroxylation is 2. The first-order valence-corrected chi connectivity index (χ1v) is 9.66. The highest BCUT2D eigenvalue weighted by Crippen LogP contribution is 2.39. The van der Waals surface area contributed by atoms with E-state index in [1.165, 1.54) is 22.3 Å². The Morgan fingerprint density at radius 3 is 2.96 bits per heavy atom. The van der Waals surface area contributed by atoms with Crippen LogP contribution in [0.1, 0.15) is 21.1 Å². The number of rotatable bonds is 2. The van der Waals surface area contributed by atoms with Crippen LogP contribution in [-0.2, 0) is 19.9 Å². The first-order chi connectivity index (χ1) is 13.5. The molecule has 5 rings (SSSR count). The molecular weight excluding hydrogens is 376 g/mol. The zero-order valence-corrected chi connectivity index (χ0v) is 16.1. The number of para-hydroxylation sites is 1. The van der Waals surface area contributed by atoms with Crippen LogP contribution in [-0.4, -0.2) is 27.7 Å². The molecular formula is C20H16N4O3S. The molecule has 0 saturated carbocycles. The number of fused-ring (bicyclic) bond motifs is 4. The van der Waals surface area contributed by atoms with Crippen LogP contribution >= 0.6 is 11.3 Å². The molecule has 1 aliphatic rings. The van der Waals surface area contributed by atoms with Crippen molar-refractivity contribution in [3.05, 3.63) is 63.1 Å². The van der Waals surface area contributed by atoms with Crippen LogP contribution in [0.5, 0.6) is 0 Å². The van der Waals surface area contributed by atoms with Crippen LogP contribution in [0, 0.1) is 0 Å². The zero-order valence-electron chi connectivity index (χ0n) is 15.3. The van der Waals surface area contributed by atoms with E-state index >= 15 is 0 Å². The minimum atomic E-state index is -0.402. The van der Waals surface area contributed by atoms with Crippen LogP contribution in [0.3, 0.4) is 0 Å². The molecule has 1 amide bonds. The molecule has 1 aromatic carbocycles. The van der Waals surface area contributed by atoms with E-state index in [9.17, 15) is 9.59 Å². The Morgan fingerprint density at radius 2 is 2.11 bits per heavy atom. The smallest absolute Gasteiger partial charge is 0.295 e. The number of aromatic nitrogens is 3. The standard InChI is InChI=1S/C20H16N4O3S/c1-23(19(26)16-9-14(25)11-5-3-4-6-15(11)27-16)20-22-18-12-10-21-24(2)13(12)7-8-17(18)28-20/h3-6,9-10H,7-8H2,1-2H3. The second kappa shape index (κ2) is 6.13. The van der Waals surface area contributed by atoms with Gasteiger partial charge in [-0.15, -0.1) is 11.3 Å². The number of thiazole rings is 1. The highest BCUT2D eigenvalue weighted by molar-refractivity contribution is 7.16. The van der Waals surface area contributed by atoms with E-state index in [1.54, 1.807) is 31.3 Å². The molecule has 28 heavy (non-hydrogen) atoms. The monoisotopic (exact) mass is 392 g/mol. The highest BCUT2D eigenvalue weighted by atomic mass is 32.1. The van der Waals surface area contributed by atoms with Crippen molar-refractivity contribution in [2.24, 2.45) is 7.05 Å². The predicted octanol–water partition coefficient (Wildman–Crippen LogP) is 3.03. The molecule has 0 fully saturated rings. The largest absolute Gasteiger partial charge is 0.451 e. The van der Waals surface area contributed by atoms with Crippen LogP contribution in [0.15, 0.2) is 45.7 Å². The first-order valence-electron chi connectivity index (χ1n) is 8.85. The molecule has 3 aromatic heterocycles. The van der Waals surface area contributed by atoms with Crippen molar-refractivity contribution in [1.82, 2.24) is 14.8 Å². The number of carbonyl (C=O) groups excluding carboxylic acids is 1. The number of anilines is 1. The van der Waals surface area contributed by atoms with Gasteiger partial charge in [0.15, 0.2) is 16.3 Å². The normalized spacial score (nSPS) is 12.6. The fourth-order valence-corrected chi connectivity index (χ4v) is 4.55. The SMILES string of the molecule is CN(C(=O)c1cc(=O)c2ccccc2o1)c1nc2c(s1)CCc1c-2cnn1C. The maximum atomic E-state index is 12.9. The van der Waals surface area contributed by atoms with Crippen molar-refractivity contribution < 1.29 is 9.21 Å².